The van der Waals surface area contributed by atoms with Crippen molar-refractivity contribution in [2.45, 2.75) is 71.6 Å². The van der Waals surface area contributed by atoms with Crippen LogP contribution >= 0.6 is 0 Å². The highest BCUT2D eigenvalue weighted by Crippen LogP contribution is 2.09. The number of carbonyl (C=O) groups is 1. The first kappa shape index (κ1) is 16.9. The number of hydrogen-bond acceptors (Lipinski definition) is 1. The number of amides is 1. The third-order valence-electron chi connectivity index (χ3n) is 2.94. The molecule has 2 heteroatoms. The van der Waals surface area contributed by atoms with Gasteiger partial charge < -0.3 is 5.32 Å². The average Bonchev–Trinajstić information content (AvgIpc) is 2.35. The Labute approximate surface area is 113 Å². The van der Waals surface area contributed by atoms with Crippen LogP contribution in [0.3, 0.4) is 0 Å². The molecule has 1 N–H and O–H groups in total. The van der Waals surface area contributed by atoms with E-state index in [0.29, 0.717) is 5.57 Å². The monoisotopic (exact) mass is 251 g/mol. The fraction of sp³-hybridized carbons (Fsp3) is 0.688. The maximum Gasteiger partial charge on any atom is 0.250 e. The van der Waals surface area contributed by atoms with Crippen molar-refractivity contribution in [3.05, 3.63) is 24.4 Å². The molecule has 104 valence electrons. The highest BCUT2D eigenvalue weighted by Gasteiger charge is 1.95. The third-order valence-corrected chi connectivity index (χ3v) is 2.94. The molecule has 0 aromatic rings. The lowest BCUT2D eigenvalue weighted by Gasteiger charge is -2.00. The average molecular weight is 251 g/mol. The summed E-state index contributed by atoms with van der Waals surface area (Å²) in [6.07, 6.45) is 15.5. The Morgan fingerprint density at radius 3 is 2.17 bits per heavy atom. The highest BCUT2D eigenvalue weighted by molar-refractivity contribution is 5.92. The molecule has 0 heterocycles. The van der Waals surface area contributed by atoms with E-state index in [1.165, 1.54) is 51.4 Å². The Morgan fingerprint density at radius 1 is 1.06 bits per heavy atom. The molecule has 0 unspecified atom stereocenters. The predicted molar refractivity (Wildman–Crippen MR) is 79.3 cm³/mol. The van der Waals surface area contributed by atoms with E-state index in [2.05, 4.69) is 18.8 Å². The van der Waals surface area contributed by atoms with Gasteiger partial charge in [-0.3, -0.25) is 4.79 Å². The zero-order chi connectivity index (χ0) is 13.6. The topological polar surface area (TPSA) is 29.1 Å². The molecule has 2 nitrogen and oxygen atoms in total. The Balaban J connectivity index is 3.22. The van der Waals surface area contributed by atoms with Gasteiger partial charge in [-0.05, 0) is 19.8 Å². The normalized spacial score (nSPS) is 10.8. The molecule has 0 atom stereocenters. The Morgan fingerprint density at radius 2 is 1.61 bits per heavy atom. The van der Waals surface area contributed by atoms with Crippen LogP contribution in [0.25, 0.3) is 0 Å². The second-order valence-corrected chi connectivity index (χ2v) is 4.92. The van der Waals surface area contributed by atoms with Crippen molar-refractivity contribution in [3.63, 3.8) is 0 Å². The van der Waals surface area contributed by atoms with Crippen molar-refractivity contribution < 1.29 is 4.79 Å². The molecule has 0 aliphatic heterocycles. The van der Waals surface area contributed by atoms with Gasteiger partial charge in [0.2, 0.25) is 5.91 Å². The van der Waals surface area contributed by atoms with E-state index in [1.807, 2.05) is 6.08 Å². The Kier molecular flexibility index (Phi) is 11.7. The van der Waals surface area contributed by atoms with Gasteiger partial charge in [-0.2, -0.15) is 0 Å². The summed E-state index contributed by atoms with van der Waals surface area (Å²) in [5.41, 5.74) is 0.548. The van der Waals surface area contributed by atoms with Gasteiger partial charge in [-0.15, -0.1) is 0 Å². The maximum absolute atomic E-state index is 11.1. The van der Waals surface area contributed by atoms with Crippen LogP contribution in [0.15, 0.2) is 24.4 Å². The van der Waals surface area contributed by atoms with Gasteiger partial charge in [0.1, 0.15) is 0 Å². The summed E-state index contributed by atoms with van der Waals surface area (Å²) in [7, 11) is 0. The first-order valence-electron chi connectivity index (χ1n) is 7.30. The summed E-state index contributed by atoms with van der Waals surface area (Å²) in [6, 6.07) is 0. The fourth-order valence-electron chi connectivity index (χ4n) is 1.74. The lowest BCUT2D eigenvalue weighted by atomic mass is 10.1. The molecule has 0 radical (unpaired) electrons. The Hall–Kier alpha value is -1.05. The molecule has 0 saturated heterocycles. The largest absolute Gasteiger partial charge is 0.329 e. The van der Waals surface area contributed by atoms with Crippen molar-refractivity contribution in [2.75, 3.05) is 0 Å². The van der Waals surface area contributed by atoms with E-state index in [0.717, 1.165) is 6.42 Å². The quantitative estimate of drug-likeness (QED) is 0.417. The minimum Gasteiger partial charge on any atom is -0.329 e. The van der Waals surface area contributed by atoms with Crippen molar-refractivity contribution in [2.24, 2.45) is 0 Å². The summed E-state index contributed by atoms with van der Waals surface area (Å²) in [4.78, 5) is 11.1. The lowest BCUT2D eigenvalue weighted by molar-refractivity contribution is -0.116. The Bertz CT molecular complexity index is 256. The van der Waals surface area contributed by atoms with E-state index < -0.39 is 0 Å². The second kappa shape index (κ2) is 12.4. The minimum atomic E-state index is -0.0952. The summed E-state index contributed by atoms with van der Waals surface area (Å²) >= 11 is 0. The lowest BCUT2D eigenvalue weighted by Crippen LogP contribution is -2.16. The molecule has 0 bridgehead atoms. The maximum atomic E-state index is 11.1. The smallest absolute Gasteiger partial charge is 0.250 e. The zero-order valence-electron chi connectivity index (χ0n) is 12.1. The molecule has 0 aromatic carbocycles. The van der Waals surface area contributed by atoms with Gasteiger partial charge in [0.05, 0.1) is 0 Å². The van der Waals surface area contributed by atoms with Crippen LogP contribution in [0.1, 0.15) is 71.6 Å². The van der Waals surface area contributed by atoms with E-state index in [9.17, 15) is 4.79 Å². The van der Waals surface area contributed by atoms with E-state index in [4.69, 9.17) is 0 Å². The van der Waals surface area contributed by atoms with Gasteiger partial charge in [0.25, 0.3) is 0 Å². The number of hydrogen-bond donors (Lipinski definition) is 1. The molecule has 1 amide bonds. The first-order valence-corrected chi connectivity index (χ1v) is 7.30. The molecule has 0 rings (SSSR count). The molecular weight excluding hydrogens is 222 g/mol. The van der Waals surface area contributed by atoms with Crippen LogP contribution < -0.4 is 5.32 Å². The van der Waals surface area contributed by atoms with Crippen LogP contribution in [0.5, 0.6) is 0 Å². The van der Waals surface area contributed by atoms with Crippen LogP contribution in [0.2, 0.25) is 0 Å². The molecule has 0 spiro atoms. The van der Waals surface area contributed by atoms with Crippen molar-refractivity contribution in [1.29, 1.82) is 0 Å². The van der Waals surface area contributed by atoms with Crippen LogP contribution in [0, 0.1) is 0 Å². The van der Waals surface area contributed by atoms with Crippen LogP contribution in [0.4, 0.5) is 0 Å². The molecule has 18 heavy (non-hydrogen) atoms. The predicted octanol–water partition coefficient (Wildman–Crippen LogP) is 4.72. The molecule has 0 aromatic heterocycles. The second-order valence-electron chi connectivity index (χ2n) is 4.92. The van der Waals surface area contributed by atoms with E-state index in [1.54, 1.807) is 13.1 Å². The molecule has 0 aliphatic rings. The van der Waals surface area contributed by atoms with E-state index in [-0.39, 0.29) is 5.91 Å². The van der Waals surface area contributed by atoms with Gasteiger partial charge in [-0.1, -0.05) is 64.5 Å². The third kappa shape index (κ3) is 11.4. The summed E-state index contributed by atoms with van der Waals surface area (Å²) in [5, 5.41) is 2.69. The summed E-state index contributed by atoms with van der Waals surface area (Å²) in [5.74, 6) is -0.0952. The van der Waals surface area contributed by atoms with Crippen LogP contribution in [-0.4, -0.2) is 5.91 Å². The standard InChI is InChI=1S/C16H29NO/c1-4-5-6-7-8-9-10-11-12-13-14-17-16(18)15(2)3/h13-14H,2,4-12H2,1,3H3,(H,17,18). The van der Waals surface area contributed by atoms with Crippen molar-refractivity contribution in [1.82, 2.24) is 5.32 Å². The highest BCUT2D eigenvalue weighted by atomic mass is 16.1. The van der Waals surface area contributed by atoms with Gasteiger partial charge in [0, 0.05) is 11.8 Å². The van der Waals surface area contributed by atoms with Crippen molar-refractivity contribution in [3.8, 4) is 0 Å². The summed E-state index contributed by atoms with van der Waals surface area (Å²) < 4.78 is 0. The molecule has 0 fully saturated rings. The van der Waals surface area contributed by atoms with Crippen LogP contribution in [-0.2, 0) is 4.79 Å². The molecule has 0 saturated carbocycles. The number of allylic oxidation sites excluding steroid dienone is 1. The first-order chi connectivity index (χ1) is 8.68. The SMILES string of the molecule is C=C(C)C(=O)NC=CCCCCCCCCCC. The van der Waals surface area contributed by atoms with Gasteiger partial charge in [0.15, 0.2) is 0 Å². The number of carbonyl (C=O) groups excluding carboxylic acids is 1. The minimum absolute atomic E-state index is 0.0952. The number of nitrogens with one attached hydrogen (secondary N) is 1. The fourth-order valence-corrected chi connectivity index (χ4v) is 1.74. The molecule has 0 aliphatic carbocycles. The van der Waals surface area contributed by atoms with Gasteiger partial charge in [-0.25, -0.2) is 0 Å². The van der Waals surface area contributed by atoms with Gasteiger partial charge >= 0.3 is 0 Å². The van der Waals surface area contributed by atoms with E-state index >= 15 is 0 Å². The number of unbranched alkanes of at least 4 members (excludes halogenated alkanes) is 8. The number of rotatable bonds is 11. The summed E-state index contributed by atoms with van der Waals surface area (Å²) in [6.45, 7) is 7.54. The molecular formula is C16H29NO. The van der Waals surface area contributed by atoms with Crippen molar-refractivity contribution >= 4 is 5.91 Å². The zero-order valence-corrected chi connectivity index (χ0v) is 12.1.